The maximum Gasteiger partial charge on any atom is 0.258 e. The van der Waals surface area contributed by atoms with Gasteiger partial charge in [-0.25, -0.2) is 9.34 Å². The van der Waals surface area contributed by atoms with E-state index in [9.17, 15) is 0 Å². The van der Waals surface area contributed by atoms with Gasteiger partial charge in [0, 0.05) is 26.2 Å². The summed E-state index contributed by atoms with van der Waals surface area (Å²) in [5, 5.41) is 0. The molecule has 0 amide bonds. The van der Waals surface area contributed by atoms with Gasteiger partial charge in [-0.2, -0.15) is 0 Å². The van der Waals surface area contributed by atoms with E-state index in [0.717, 1.165) is 26.2 Å². The van der Waals surface area contributed by atoms with E-state index in [-0.39, 0.29) is 5.41 Å². The molecule has 0 bridgehead atoms. The van der Waals surface area contributed by atoms with Crippen molar-refractivity contribution in [1.29, 1.82) is 0 Å². The minimum atomic E-state index is -0.847. The van der Waals surface area contributed by atoms with Gasteiger partial charge in [0.25, 0.3) is 17.1 Å². The maximum absolute atomic E-state index is 6.09. The monoisotopic (exact) mass is 362 g/mol. The van der Waals surface area contributed by atoms with Gasteiger partial charge in [0.1, 0.15) is 0 Å². The Balaban J connectivity index is 1.25. The molecule has 0 unspecified atom stereocenters. The van der Waals surface area contributed by atoms with Crippen molar-refractivity contribution in [2.75, 3.05) is 52.6 Å². The molecule has 4 fully saturated rings. The van der Waals surface area contributed by atoms with Gasteiger partial charge in [0.15, 0.2) is 0 Å². The van der Waals surface area contributed by atoms with Crippen LogP contribution in [-0.2, 0) is 18.1 Å². The highest BCUT2D eigenvalue weighted by molar-refractivity contribution is 7.45. The lowest BCUT2D eigenvalue weighted by Crippen LogP contribution is -2.47. The molecule has 4 heterocycles. The lowest BCUT2D eigenvalue weighted by Gasteiger charge is -2.46. The number of rotatable bonds is 2. The molecule has 4 aliphatic rings. The zero-order valence-electron chi connectivity index (χ0n) is 13.8. The lowest BCUT2D eigenvalue weighted by molar-refractivity contribution is -0.0658. The van der Waals surface area contributed by atoms with Crippen LogP contribution in [0.4, 0.5) is 0 Å². The minimum Gasteiger partial charge on any atom is -0.321 e. The molecule has 0 aliphatic carbocycles. The van der Waals surface area contributed by atoms with Crippen molar-refractivity contribution in [3.05, 3.63) is 0 Å². The smallest absolute Gasteiger partial charge is 0.258 e. The Hall–Kier alpha value is 0.620. The number of piperidine rings is 2. The molecular weight excluding hydrogens is 334 g/mol. The van der Waals surface area contributed by atoms with Crippen molar-refractivity contribution < 1.29 is 18.1 Å². The highest BCUT2D eigenvalue weighted by Crippen LogP contribution is 2.55. The first-order valence-corrected chi connectivity index (χ1v) is 11.2. The van der Waals surface area contributed by atoms with E-state index in [0.29, 0.717) is 26.4 Å². The fourth-order valence-corrected chi connectivity index (χ4v) is 7.06. The van der Waals surface area contributed by atoms with Crippen LogP contribution in [0.3, 0.4) is 0 Å². The van der Waals surface area contributed by atoms with Crippen molar-refractivity contribution >= 4 is 17.1 Å². The van der Waals surface area contributed by atoms with Gasteiger partial charge in [0.05, 0.1) is 31.8 Å². The molecule has 4 rings (SSSR count). The Morgan fingerprint density at radius 1 is 0.522 bits per heavy atom. The summed E-state index contributed by atoms with van der Waals surface area (Å²) in [5.74, 6) is 0. The van der Waals surface area contributed by atoms with Crippen LogP contribution in [-0.4, -0.2) is 61.9 Å². The lowest BCUT2D eigenvalue weighted by atomic mass is 9.93. The van der Waals surface area contributed by atoms with Crippen molar-refractivity contribution in [3.8, 4) is 0 Å². The van der Waals surface area contributed by atoms with E-state index < -0.39 is 17.1 Å². The van der Waals surface area contributed by atoms with E-state index in [4.69, 9.17) is 18.1 Å². The average molecular weight is 362 g/mol. The second-order valence-corrected chi connectivity index (χ2v) is 10.2. The molecule has 0 saturated carbocycles. The van der Waals surface area contributed by atoms with Gasteiger partial charge in [0.2, 0.25) is 0 Å². The van der Waals surface area contributed by atoms with Gasteiger partial charge in [-0.1, -0.05) is 12.8 Å². The minimum absolute atomic E-state index is 0.0940. The molecule has 4 aliphatic heterocycles. The van der Waals surface area contributed by atoms with Crippen LogP contribution in [0.2, 0.25) is 0 Å². The van der Waals surface area contributed by atoms with Crippen molar-refractivity contribution in [2.45, 2.75) is 38.5 Å². The van der Waals surface area contributed by atoms with E-state index >= 15 is 0 Å². The van der Waals surface area contributed by atoms with Crippen molar-refractivity contribution in [3.63, 3.8) is 0 Å². The van der Waals surface area contributed by atoms with Crippen LogP contribution in [0, 0.1) is 5.41 Å². The second kappa shape index (κ2) is 7.88. The fraction of sp³-hybridized carbons (Fsp3) is 1.00. The van der Waals surface area contributed by atoms with Gasteiger partial charge in [-0.3, -0.25) is 0 Å². The van der Waals surface area contributed by atoms with E-state index in [1.54, 1.807) is 0 Å². The van der Waals surface area contributed by atoms with Crippen molar-refractivity contribution in [1.82, 2.24) is 9.34 Å². The standard InChI is InChI=1S/C15H28N2O4P2/c1-3-7-16(8-4-1)22-18-11-15(12-19-22)13-20-23(21-14-15)17-9-5-2-6-10-17/h1-14H2. The third kappa shape index (κ3) is 4.07. The zero-order valence-corrected chi connectivity index (χ0v) is 15.6. The van der Waals surface area contributed by atoms with Crippen LogP contribution in [0.15, 0.2) is 0 Å². The van der Waals surface area contributed by atoms with E-state index in [1.807, 2.05) is 0 Å². The Labute approximate surface area is 141 Å². The first kappa shape index (κ1) is 17.1. The predicted octanol–water partition coefficient (Wildman–Crippen LogP) is 3.49. The van der Waals surface area contributed by atoms with Crippen LogP contribution < -0.4 is 0 Å². The molecule has 0 atom stereocenters. The zero-order chi connectivity index (χ0) is 15.5. The SMILES string of the molecule is C1CCN(P2OCC3(CO2)COP(N2CCCCC2)OC3)CC1. The predicted molar refractivity (Wildman–Crippen MR) is 90.9 cm³/mol. The summed E-state index contributed by atoms with van der Waals surface area (Å²) in [5.41, 5.74) is -0.0940. The normalized spacial score (nSPS) is 41.2. The average Bonchev–Trinajstić information content (AvgIpc) is 2.65. The second-order valence-electron chi connectivity index (χ2n) is 7.10. The highest BCUT2D eigenvalue weighted by atomic mass is 31.2. The Kier molecular flexibility index (Phi) is 5.85. The first-order valence-electron chi connectivity index (χ1n) is 8.96. The van der Waals surface area contributed by atoms with Gasteiger partial charge >= 0.3 is 0 Å². The fourth-order valence-electron chi connectivity index (χ4n) is 3.50. The molecule has 8 heteroatoms. The maximum atomic E-state index is 6.09. The molecule has 1 spiro atoms. The van der Waals surface area contributed by atoms with Crippen LogP contribution in [0.1, 0.15) is 38.5 Å². The van der Waals surface area contributed by atoms with Gasteiger partial charge < -0.3 is 18.1 Å². The molecule has 4 saturated heterocycles. The van der Waals surface area contributed by atoms with E-state index in [1.165, 1.54) is 38.5 Å². The van der Waals surface area contributed by atoms with Crippen LogP contribution >= 0.6 is 17.1 Å². The van der Waals surface area contributed by atoms with Gasteiger partial charge in [-0.05, 0) is 25.7 Å². The van der Waals surface area contributed by atoms with Crippen LogP contribution in [0.25, 0.3) is 0 Å². The molecule has 0 aromatic heterocycles. The first-order chi connectivity index (χ1) is 11.3. The Morgan fingerprint density at radius 3 is 1.22 bits per heavy atom. The Bertz CT molecular complexity index is 336. The van der Waals surface area contributed by atoms with Crippen LogP contribution in [0.5, 0.6) is 0 Å². The summed E-state index contributed by atoms with van der Waals surface area (Å²) in [7, 11) is -1.69. The largest absolute Gasteiger partial charge is 0.321 e. The molecule has 132 valence electrons. The molecule has 0 aromatic carbocycles. The summed E-state index contributed by atoms with van der Waals surface area (Å²) >= 11 is 0. The summed E-state index contributed by atoms with van der Waals surface area (Å²) in [6.45, 7) is 7.30. The number of hydrogen-bond donors (Lipinski definition) is 0. The third-order valence-electron chi connectivity index (χ3n) is 5.05. The number of nitrogens with zero attached hydrogens (tertiary/aromatic N) is 2. The molecule has 6 nitrogen and oxygen atoms in total. The van der Waals surface area contributed by atoms with Crippen molar-refractivity contribution in [2.24, 2.45) is 5.41 Å². The van der Waals surface area contributed by atoms with E-state index in [2.05, 4.69) is 9.34 Å². The molecule has 0 aromatic rings. The molecule has 0 radical (unpaired) electrons. The topological polar surface area (TPSA) is 43.4 Å². The quantitative estimate of drug-likeness (QED) is 0.701. The third-order valence-corrected chi connectivity index (χ3v) is 8.18. The summed E-state index contributed by atoms with van der Waals surface area (Å²) in [4.78, 5) is 0. The number of hydrogen-bond acceptors (Lipinski definition) is 6. The molecule has 0 N–H and O–H groups in total. The highest BCUT2D eigenvalue weighted by Gasteiger charge is 2.45. The molecule has 23 heavy (non-hydrogen) atoms. The summed E-state index contributed by atoms with van der Waals surface area (Å²) in [6.07, 6.45) is 7.74. The Morgan fingerprint density at radius 2 is 0.870 bits per heavy atom. The van der Waals surface area contributed by atoms with Gasteiger partial charge in [-0.15, -0.1) is 0 Å². The summed E-state index contributed by atoms with van der Waals surface area (Å²) in [6, 6.07) is 0. The molecular formula is C15H28N2O4P2. The summed E-state index contributed by atoms with van der Waals surface area (Å²) < 4.78 is 29.1.